The van der Waals surface area contributed by atoms with E-state index in [0.717, 1.165) is 50.1 Å². The van der Waals surface area contributed by atoms with Gasteiger partial charge in [0.05, 0.1) is 20.8 Å². The van der Waals surface area contributed by atoms with Gasteiger partial charge < -0.3 is 24.6 Å². The number of nitrogens with one attached hydrogen (secondary N) is 1. The Kier molecular flexibility index (Phi) is 7.48. The summed E-state index contributed by atoms with van der Waals surface area (Å²) in [4.78, 5) is 25.8. The maximum absolute atomic E-state index is 12.0. The maximum Gasteiger partial charge on any atom is 0.341 e. The molecule has 0 aliphatic carbocycles. The first kappa shape index (κ1) is 21.4. The summed E-state index contributed by atoms with van der Waals surface area (Å²) in [5.74, 6) is 1.95. The topological polar surface area (TPSA) is 79.3 Å². The van der Waals surface area contributed by atoms with E-state index in [4.69, 9.17) is 14.5 Å². The molecule has 2 heterocycles. The van der Waals surface area contributed by atoms with Crippen LogP contribution in [0.2, 0.25) is 0 Å². The van der Waals surface area contributed by atoms with Gasteiger partial charge in [-0.25, -0.2) is 14.8 Å². The number of pyridine rings is 1. The summed E-state index contributed by atoms with van der Waals surface area (Å²) in [5.41, 5.74) is 1.32. The molecule has 1 aliphatic rings. The molecule has 1 N–H and O–H groups in total. The number of methoxy groups -OCH3 is 2. The Labute approximate surface area is 177 Å². The van der Waals surface area contributed by atoms with Gasteiger partial charge in [0, 0.05) is 38.9 Å². The molecule has 1 aliphatic heterocycles. The normalized spacial score (nSPS) is 14.4. The summed E-state index contributed by atoms with van der Waals surface area (Å²) >= 11 is 0. The minimum absolute atomic E-state index is 0.404. The van der Waals surface area contributed by atoms with Crippen LogP contribution in [-0.4, -0.2) is 68.8 Å². The number of benzene rings is 1. The van der Waals surface area contributed by atoms with E-state index >= 15 is 0 Å². The number of aliphatic imine (C=N–C) groups is 1. The zero-order valence-electron chi connectivity index (χ0n) is 17.8. The van der Waals surface area contributed by atoms with Crippen LogP contribution in [-0.2, 0) is 11.3 Å². The molecular weight excluding hydrogens is 382 g/mol. The van der Waals surface area contributed by atoms with Gasteiger partial charge in [-0.2, -0.15) is 0 Å². The third-order valence-electron chi connectivity index (χ3n) is 4.97. The van der Waals surface area contributed by atoms with E-state index in [1.54, 1.807) is 12.1 Å². The van der Waals surface area contributed by atoms with Crippen LogP contribution in [0.3, 0.4) is 0 Å². The highest BCUT2D eigenvalue weighted by molar-refractivity contribution is 5.92. The molecular formula is C22H29N5O3. The molecule has 0 spiro atoms. The van der Waals surface area contributed by atoms with Crippen molar-refractivity contribution in [1.29, 1.82) is 0 Å². The first-order valence-corrected chi connectivity index (χ1v) is 10.1. The summed E-state index contributed by atoms with van der Waals surface area (Å²) < 4.78 is 10.1. The van der Waals surface area contributed by atoms with Gasteiger partial charge in [-0.3, -0.25) is 0 Å². The Bertz CT molecular complexity index is 864. The number of hydrogen-bond acceptors (Lipinski definition) is 6. The van der Waals surface area contributed by atoms with E-state index in [1.165, 1.54) is 14.2 Å². The third kappa shape index (κ3) is 5.20. The van der Waals surface area contributed by atoms with Crippen LogP contribution in [0.5, 0.6) is 5.75 Å². The zero-order valence-corrected chi connectivity index (χ0v) is 17.8. The van der Waals surface area contributed by atoms with Crippen LogP contribution in [0.25, 0.3) is 0 Å². The number of nitrogens with zero attached hydrogens (tertiary/aromatic N) is 4. The quantitative estimate of drug-likeness (QED) is 0.443. The highest BCUT2D eigenvalue weighted by atomic mass is 16.5. The van der Waals surface area contributed by atoms with E-state index in [2.05, 4.69) is 27.0 Å². The second kappa shape index (κ2) is 10.5. The Morgan fingerprint density at radius 3 is 2.60 bits per heavy atom. The molecule has 1 saturated heterocycles. The van der Waals surface area contributed by atoms with Gasteiger partial charge in [0.1, 0.15) is 17.1 Å². The number of anilines is 1. The molecule has 2 aromatic rings. The van der Waals surface area contributed by atoms with Gasteiger partial charge in [0.15, 0.2) is 5.96 Å². The SMILES string of the molecule is CCNC(=NCc1ccc(OC)c(C(=O)OC)c1)N1CCN(c2ccccn2)CC1. The van der Waals surface area contributed by atoms with Gasteiger partial charge in [-0.1, -0.05) is 12.1 Å². The van der Waals surface area contributed by atoms with Gasteiger partial charge in [0.2, 0.25) is 0 Å². The fourth-order valence-corrected chi connectivity index (χ4v) is 3.40. The monoisotopic (exact) mass is 411 g/mol. The van der Waals surface area contributed by atoms with Gasteiger partial charge in [-0.05, 0) is 36.8 Å². The van der Waals surface area contributed by atoms with Gasteiger partial charge in [0.25, 0.3) is 0 Å². The Morgan fingerprint density at radius 1 is 1.17 bits per heavy atom. The smallest absolute Gasteiger partial charge is 0.341 e. The zero-order chi connectivity index (χ0) is 21.3. The predicted molar refractivity (Wildman–Crippen MR) is 117 cm³/mol. The van der Waals surface area contributed by atoms with E-state index in [1.807, 2.05) is 30.5 Å². The standard InChI is InChI=1S/C22H29N5O3/c1-4-23-22(27-13-11-26(12-14-27)20-7-5-6-10-24-20)25-16-17-8-9-19(29-2)18(15-17)21(28)30-3/h5-10,15H,4,11-14,16H2,1-3H3,(H,23,25). The lowest BCUT2D eigenvalue weighted by Crippen LogP contribution is -2.52. The molecule has 160 valence electrons. The number of ether oxygens (including phenoxy) is 2. The lowest BCUT2D eigenvalue weighted by molar-refractivity contribution is 0.0597. The Morgan fingerprint density at radius 2 is 1.97 bits per heavy atom. The Balaban J connectivity index is 1.69. The van der Waals surface area contributed by atoms with Crippen LogP contribution < -0.4 is 15.0 Å². The average Bonchev–Trinajstić information content (AvgIpc) is 2.81. The van der Waals surface area contributed by atoms with E-state index in [9.17, 15) is 4.79 Å². The lowest BCUT2D eigenvalue weighted by Gasteiger charge is -2.37. The van der Waals surface area contributed by atoms with Gasteiger partial charge >= 0.3 is 5.97 Å². The number of hydrogen-bond donors (Lipinski definition) is 1. The molecule has 0 unspecified atom stereocenters. The molecule has 8 nitrogen and oxygen atoms in total. The highest BCUT2D eigenvalue weighted by Crippen LogP contribution is 2.21. The molecule has 8 heteroatoms. The largest absolute Gasteiger partial charge is 0.496 e. The summed E-state index contributed by atoms with van der Waals surface area (Å²) in [5, 5.41) is 3.37. The fraction of sp³-hybridized carbons (Fsp3) is 0.409. The third-order valence-corrected chi connectivity index (χ3v) is 4.97. The van der Waals surface area contributed by atoms with Gasteiger partial charge in [-0.15, -0.1) is 0 Å². The molecule has 0 saturated carbocycles. The van der Waals surface area contributed by atoms with Crippen molar-refractivity contribution in [2.45, 2.75) is 13.5 Å². The fourth-order valence-electron chi connectivity index (χ4n) is 3.40. The molecule has 0 amide bonds. The highest BCUT2D eigenvalue weighted by Gasteiger charge is 2.20. The number of rotatable bonds is 6. The van der Waals surface area contributed by atoms with Crippen molar-refractivity contribution in [2.75, 3.05) is 51.8 Å². The molecule has 0 radical (unpaired) electrons. The number of guanidine groups is 1. The Hall–Kier alpha value is -3.29. The van der Waals surface area contributed by atoms with E-state index < -0.39 is 5.97 Å². The number of aromatic nitrogens is 1. The minimum atomic E-state index is -0.421. The first-order valence-electron chi connectivity index (χ1n) is 10.1. The van der Waals surface area contributed by atoms with Crippen LogP contribution in [0.1, 0.15) is 22.8 Å². The van der Waals surface area contributed by atoms with E-state index in [0.29, 0.717) is 17.9 Å². The lowest BCUT2D eigenvalue weighted by atomic mass is 10.1. The molecule has 0 bridgehead atoms. The van der Waals surface area contributed by atoms with Crippen LogP contribution in [0.15, 0.2) is 47.6 Å². The number of esters is 1. The van der Waals surface area contributed by atoms with Crippen molar-refractivity contribution >= 4 is 17.7 Å². The number of carbonyl (C=O) groups is 1. The van der Waals surface area contributed by atoms with Crippen molar-refractivity contribution in [3.63, 3.8) is 0 Å². The van der Waals surface area contributed by atoms with Crippen LogP contribution in [0.4, 0.5) is 5.82 Å². The maximum atomic E-state index is 12.0. The molecule has 3 rings (SSSR count). The van der Waals surface area contributed by atoms with Crippen molar-refractivity contribution in [3.8, 4) is 5.75 Å². The van der Waals surface area contributed by atoms with Crippen molar-refractivity contribution in [3.05, 3.63) is 53.7 Å². The molecule has 1 aromatic heterocycles. The summed E-state index contributed by atoms with van der Waals surface area (Å²) in [6, 6.07) is 11.4. The second-order valence-electron chi connectivity index (χ2n) is 6.86. The van der Waals surface area contributed by atoms with Crippen LogP contribution in [0, 0.1) is 0 Å². The average molecular weight is 412 g/mol. The van der Waals surface area contributed by atoms with Crippen molar-refractivity contribution in [1.82, 2.24) is 15.2 Å². The minimum Gasteiger partial charge on any atom is -0.496 e. The van der Waals surface area contributed by atoms with Crippen molar-refractivity contribution in [2.24, 2.45) is 4.99 Å². The molecule has 1 fully saturated rings. The van der Waals surface area contributed by atoms with Crippen LogP contribution >= 0.6 is 0 Å². The molecule has 0 atom stereocenters. The summed E-state index contributed by atoms with van der Waals surface area (Å²) in [6.45, 7) is 6.79. The van der Waals surface area contributed by atoms with E-state index in [-0.39, 0.29) is 0 Å². The predicted octanol–water partition coefficient (Wildman–Crippen LogP) is 2.16. The molecule has 1 aromatic carbocycles. The second-order valence-corrected chi connectivity index (χ2v) is 6.86. The molecule has 30 heavy (non-hydrogen) atoms. The summed E-state index contributed by atoms with van der Waals surface area (Å²) in [6.07, 6.45) is 1.82. The first-order chi connectivity index (χ1) is 14.7. The summed E-state index contributed by atoms with van der Waals surface area (Å²) in [7, 11) is 2.90. The van der Waals surface area contributed by atoms with Crippen molar-refractivity contribution < 1.29 is 14.3 Å². The number of piperazine rings is 1. The number of carbonyl (C=O) groups excluding carboxylic acids is 1.